The van der Waals surface area contributed by atoms with Crippen LogP contribution in [0.5, 0.6) is 0 Å². The normalized spacial score (nSPS) is 22.2. The van der Waals surface area contributed by atoms with E-state index in [1.807, 2.05) is 0 Å². The standard InChI is InChI=1S/C16H23N3O2/c1-2-17-16(18-11-14-12-20-9-10-21-14)19-8-7-13-5-3-4-6-15(13)19/h3-6,14H,2,7-12H2,1H3,(H,17,18). The molecule has 5 heteroatoms. The summed E-state index contributed by atoms with van der Waals surface area (Å²) in [6, 6.07) is 8.53. The number of nitrogens with one attached hydrogen (secondary N) is 1. The number of anilines is 1. The fourth-order valence-corrected chi connectivity index (χ4v) is 2.78. The van der Waals surface area contributed by atoms with Crippen molar-refractivity contribution in [1.29, 1.82) is 0 Å². The zero-order chi connectivity index (χ0) is 14.5. The number of fused-ring (bicyclic) bond motifs is 1. The van der Waals surface area contributed by atoms with E-state index in [0.29, 0.717) is 26.4 Å². The maximum Gasteiger partial charge on any atom is 0.198 e. The maximum absolute atomic E-state index is 5.66. The first-order valence-electron chi connectivity index (χ1n) is 7.71. The third-order valence-corrected chi connectivity index (χ3v) is 3.81. The number of nitrogens with zero attached hydrogens (tertiary/aromatic N) is 2. The summed E-state index contributed by atoms with van der Waals surface area (Å²) >= 11 is 0. The van der Waals surface area contributed by atoms with Crippen molar-refractivity contribution in [2.45, 2.75) is 19.4 Å². The second-order valence-corrected chi connectivity index (χ2v) is 5.29. The summed E-state index contributed by atoms with van der Waals surface area (Å²) in [7, 11) is 0. The van der Waals surface area contributed by atoms with Crippen molar-refractivity contribution >= 4 is 11.6 Å². The lowest BCUT2D eigenvalue weighted by Gasteiger charge is -2.25. The molecule has 0 aromatic heterocycles. The molecule has 0 amide bonds. The average molecular weight is 289 g/mol. The molecule has 1 aromatic rings. The Hall–Kier alpha value is -1.59. The summed E-state index contributed by atoms with van der Waals surface area (Å²) in [6.45, 7) is 6.58. The highest BCUT2D eigenvalue weighted by atomic mass is 16.6. The minimum absolute atomic E-state index is 0.0743. The Morgan fingerprint density at radius 1 is 1.38 bits per heavy atom. The minimum Gasteiger partial charge on any atom is -0.376 e. The molecule has 1 saturated heterocycles. The largest absolute Gasteiger partial charge is 0.376 e. The van der Waals surface area contributed by atoms with E-state index >= 15 is 0 Å². The van der Waals surface area contributed by atoms with Gasteiger partial charge in [0.05, 0.1) is 26.4 Å². The van der Waals surface area contributed by atoms with Gasteiger partial charge in [-0.05, 0) is 25.0 Å². The number of hydrogen-bond acceptors (Lipinski definition) is 3. The lowest BCUT2D eigenvalue weighted by molar-refractivity contribution is -0.0832. The lowest BCUT2D eigenvalue weighted by atomic mass is 10.2. The Balaban J connectivity index is 1.72. The number of benzene rings is 1. The van der Waals surface area contributed by atoms with E-state index in [4.69, 9.17) is 14.5 Å². The molecule has 1 N–H and O–H groups in total. The van der Waals surface area contributed by atoms with Gasteiger partial charge in [0.25, 0.3) is 0 Å². The Morgan fingerprint density at radius 3 is 3.10 bits per heavy atom. The summed E-state index contributed by atoms with van der Waals surface area (Å²) in [5.41, 5.74) is 2.65. The van der Waals surface area contributed by atoms with Crippen LogP contribution >= 0.6 is 0 Å². The third kappa shape index (κ3) is 3.36. The number of rotatable bonds is 3. The van der Waals surface area contributed by atoms with Crippen LogP contribution in [0.4, 0.5) is 5.69 Å². The molecule has 3 rings (SSSR count). The molecule has 0 radical (unpaired) electrons. The van der Waals surface area contributed by atoms with Crippen molar-refractivity contribution in [2.75, 3.05) is 44.4 Å². The van der Waals surface area contributed by atoms with Gasteiger partial charge in [-0.25, -0.2) is 0 Å². The van der Waals surface area contributed by atoms with Crippen LogP contribution in [0.25, 0.3) is 0 Å². The van der Waals surface area contributed by atoms with Gasteiger partial charge in [-0.2, -0.15) is 0 Å². The minimum atomic E-state index is 0.0743. The van der Waals surface area contributed by atoms with Crippen molar-refractivity contribution in [3.8, 4) is 0 Å². The molecule has 0 bridgehead atoms. The molecule has 1 aromatic carbocycles. The number of para-hydroxylation sites is 1. The Labute approximate surface area is 126 Å². The van der Waals surface area contributed by atoms with E-state index < -0.39 is 0 Å². The second-order valence-electron chi connectivity index (χ2n) is 5.29. The molecule has 1 unspecified atom stereocenters. The van der Waals surface area contributed by atoms with Gasteiger partial charge in [0.2, 0.25) is 0 Å². The summed E-state index contributed by atoms with van der Waals surface area (Å²) in [5.74, 6) is 0.941. The molecule has 1 fully saturated rings. The average Bonchev–Trinajstić information content (AvgIpc) is 2.96. The highest BCUT2D eigenvalue weighted by Gasteiger charge is 2.23. The van der Waals surface area contributed by atoms with Gasteiger partial charge in [0.1, 0.15) is 6.10 Å². The van der Waals surface area contributed by atoms with Crippen LogP contribution in [0.15, 0.2) is 29.3 Å². The fourth-order valence-electron chi connectivity index (χ4n) is 2.78. The Morgan fingerprint density at radius 2 is 2.29 bits per heavy atom. The molecule has 21 heavy (non-hydrogen) atoms. The molecular weight excluding hydrogens is 266 g/mol. The van der Waals surface area contributed by atoms with Gasteiger partial charge in [0, 0.05) is 18.8 Å². The monoisotopic (exact) mass is 289 g/mol. The Bertz CT molecular complexity index is 498. The van der Waals surface area contributed by atoms with Crippen LogP contribution < -0.4 is 10.2 Å². The highest BCUT2D eigenvalue weighted by Crippen LogP contribution is 2.27. The van der Waals surface area contributed by atoms with Crippen molar-refractivity contribution in [1.82, 2.24) is 5.32 Å². The van der Waals surface area contributed by atoms with Gasteiger partial charge >= 0.3 is 0 Å². The first-order valence-corrected chi connectivity index (χ1v) is 7.71. The van der Waals surface area contributed by atoms with E-state index in [0.717, 1.165) is 25.5 Å². The second kappa shape index (κ2) is 6.91. The highest BCUT2D eigenvalue weighted by molar-refractivity contribution is 5.97. The van der Waals surface area contributed by atoms with Crippen LogP contribution in [0.1, 0.15) is 12.5 Å². The number of aliphatic imine (C=N–C) groups is 1. The van der Waals surface area contributed by atoms with E-state index in [-0.39, 0.29) is 6.10 Å². The van der Waals surface area contributed by atoms with E-state index in [9.17, 15) is 0 Å². The van der Waals surface area contributed by atoms with Gasteiger partial charge in [-0.15, -0.1) is 0 Å². The van der Waals surface area contributed by atoms with Crippen LogP contribution in [0.3, 0.4) is 0 Å². The lowest BCUT2D eigenvalue weighted by Crippen LogP contribution is -2.41. The summed E-state index contributed by atoms with van der Waals surface area (Å²) in [5, 5.41) is 3.38. The van der Waals surface area contributed by atoms with E-state index in [1.165, 1.54) is 11.3 Å². The van der Waals surface area contributed by atoms with Gasteiger partial charge in [0.15, 0.2) is 5.96 Å². The predicted octanol–water partition coefficient (Wildman–Crippen LogP) is 1.43. The predicted molar refractivity (Wildman–Crippen MR) is 84.0 cm³/mol. The molecule has 1 atom stereocenters. The molecule has 2 aliphatic rings. The van der Waals surface area contributed by atoms with E-state index in [1.54, 1.807) is 0 Å². The molecule has 0 aliphatic carbocycles. The summed E-state index contributed by atoms with van der Waals surface area (Å²) in [6.07, 6.45) is 1.15. The van der Waals surface area contributed by atoms with Crippen LogP contribution in [-0.2, 0) is 15.9 Å². The molecule has 0 saturated carbocycles. The van der Waals surface area contributed by atoms with Gasteiger partial charge < -0.3 is 19.7 Å². The summed E-state index contributed by atoms with van der Waals surface area (Å²) < 4.78 is 11.1. The quantitative estimate of drug-likeness (QED) is 0.675. The maximum atomic E-state index is 5.66. The Kier molecular flexibility index (Phi) is 4.72. The first kappa shape index (κ1) is 14.4. The first-order chi connectivity index (χ1) is 10.4. The molecule has 5 nitrogen and oxygen atoms in total. The van der Waals surface area contributed by atoms with Crippen LogP contribution in [-0.4, -0.2) is 51.5 Å². The molecular formula is C16H23N3O2. The van der Waals surface area contributed by atoms with Gasteiger partial charge in [-0.3, -0.25) is 4.99 Å². The van der Waals surface area contributed by atoms with Gasteiger partial charge in [-0.1, -0.05) is 18.2 Å². The number of hydrogen-bond donors (Lipinski definition) is 1. The van der Waals surface area contributed by atoms with E-state index in [2.05, 4.69) is 41.4 Å². The van der Waals surface area contributed by atoms with Crippen molar-refractivity contribution in [3.05, 3.63) is 29.8 Å². The molecule has 2 aliphatic heterocycles. The molecule has 114 valence electrons. The number of guanidine groups is 1. The zero-order valence-corrected chi connectivity index (χ0v) is 12.5. The SMILES string of the molecule is CCNC(=NCC1COCCO1)N1CCc2ccccc21. The van der Waals surface area contributed by atoms with Crippen LogP contribution in [0.2, 0.25) is 0 Å². The van der Waals surface area contributed by atoms with Crippen molar-refractivity contribution < 1.29 is 9.47 Å². The smallest absolute Gasteiger partial charge is 0.198 e. The van der Waals surface area contributed by atoms with Crippen LogP contribution in [0, 0.1) is 0 Å². The topological polar surface area (TPSA) is 46.1 Å². The van der Waals surface area contributed by atoms with Crippen molar-refractivity contribution in [2.24, 2.45) is 4.99 Å². The summed E-state index contributed by atoms with van der Waals surface area (Å²) in [4.78, 5) is 7.01. The zero-order valence-electron chi connectivity index (χ0n) is 12.5. The molecule has 2 heterocycles. The fraction of sp³-hybridized carbons (Fsp3) is 0.562. The number of ether oxygens (including phenoxy) is 2. The third-order valence-electron chi connectivity index (χ3n) is 3.81. The van der Waals surface area contributed by atoms with Crippen molar-refractivity contribution in [3.63, 3.8) is 0 Å². The molecule has 0 spiro atoms.